The molecule has 2 heterocycles. The summed E-state index contributed by atoms with van der Waals surface area (Å²) in [5.74, 6) is -0.260. The van der Waals surface area contributed by atoms with Crippen molar-refractivity contribution in [1.29, 1.82) is 0 Å². The fourth-order valence-electron chi connectivity index (χ4n) is 4.68. The summed E-state index contributed by atoms with van der Waals surface area (Å²) in [5, 5.41) is 3.15. The normalized spacial score (nSPS) is 25.2. The van der Waals surface area contributed by atoms with Gasteiger partial charge in [-0.25, -0.2) is 9.18 Å². The smallest absolute Gasteiger partial charge is 0.322 e. The molecule has 28 heavy (non-hydrogen) atoms. The minimum absolute atomic E-state index is 0.0605. The predicted molar refractivity (Wildman–Crippen MR) is 106 cm³/mol. The Morgan fingerprint density at radius 3 is 2.71 bits per heavy atom. The van der Waals surface area contributed by atoms with Gasteiger partial charge >= 0.3 is 6.03 Å². The van der Waals surface area contributed by atoms with Crippen LogP contribution in [0.25, 0.3) is 0 Å². The fourth-order valence-corrected chi connectivity index (χ4v) is 4.68. The van der Waals surface area contributed by atoms with E-state index in [2.05, 4.69) is 16.3 Å². The van der Waals surface area contributed by atoms with E-state index >= 15 is 0 Å². The molecular formula is C22H28FN3O2. The minimum atomic E-state index is -0.321. The number of ketones is 1. The van der Waals surface area contributed by atoms with Crippen LogP contribution in [-0.4, -0.2) is 53.3 Å². The van der Waals surface area contributed by atoms with Gasteiger partial charge < -0.3 is 5.32 Å². The Balaban J connectivity index is 1.25. The minimum Gasteiger partial charge on any atom is -0.333 e. The molecule has 1 N–H and O–H groups in total. The van der Waals surface area contributed by atoms with Gasteiger partial charge in [0.15, 0.2) is 5.78 Å². The zero-order valence-electron chi connectivity index (χ0n) is 16.2. The van der Waals surface area contributed by atoms with Gasteiger partial charge in [-0.15, -0.1) is 0 Å². The van der Waals surface area contributed by atoms with Crippen molar-refractivity contribution in [2.24, 2.45) is 0 Å². The highest BCUT2D eigenvalue weighted by Crippen LogP contribution is 2.32. The van der Waals surface area contributed by atoms with Crippen LogP contribution >= 0.6 is 0 Å². The molecule has 4 rings (SSSR count). The number of hydrogen-bond acceptors (Lipinski definition) is 3. The molecule has 3 aliphatic rings. The molecule has 0 aromatic heterocycles. The summed E-state index contributed by atoms with van der Waals surface area (Å²) in [6, 6.07) is 6.47. The van der Waals surface area contributed by atoms with Crippen LogP contribution in [0.3, 0.4) is 0 Å². The second-order valence-electron chi connectivity index (χ2n) is 8.06. The number of amides is 2. The topological polar surface area (TPSA) is 52.7 Å². The first kappa shape index (κ1) is 19.1. The standard InChI is InChI=1S/C22H28FN3O2/c23-17-9-7-16(8-10-17)21(27)6-3-13-25-14-11-18(12-15-25)26-20-5-2-1-4-19(20)24-22(26)28/h7-11,19-20H,1-6,12-15H2,(H,24,28). The van der Waals surface area contributed by atoms with Crippen molar-refractivity contribution in [3.05, 3.63) is 47.4 Å². The number of benzene rings is 1. The van der Waals surface area contributed by atoms with Crippen molar-refractivity contribution in [2.45, 2.75) is 57.0 Å². The largest absolute Gasteiger partial charge is 0.333 e. The summed E-state index contributed by atoms with van der Waals surface area (Å²) in [6.45, 7) is 2.59. The van der Waals surface area contributed by atoms with E-state index < -0.39 is 0 Å². The van der Waals surface area contributed by atoms with Crippen LogP contribution in [-0.2, 0) is 0 Å². The van der Waals surface area contributed by atoms with Crippen molar-refractivity contribution in [2.75, 3.05) is 19.6 Å². The van der Waals surface area contributed by atoms with Crippen LogP contribution in [0.5, 0.6) is 0 Å². The first-order valence-electron chi connectivity index (χ1n) is 10.4. The molecule has 2 atom stereocenters. The van der Waals surface area contributed by atoms with E-state index in [9.17, 15) is 14.0 Å². The number of rotatable bonds is 6. The molecule has 150 valence electrons. The molecule has 2 unspecified atom stereocenters. The van der Waals surface area contributed by atoms with Gasteiger partial charge in [0.2, 0.25) is 0 Å². The number of carbonyl (C=O) groups is 2. The van der Waals surface area contributed by atoms with Crippen molar-refractivity contribution >= 4 is 11.8 Å². The van der Waals surface area contributed by atoms with Crippen LogP contribution in [0.4, 0.5) is 9.18 Å². The summed E-state index contributed by atoms with van der Waals surface area (Å²) in [7, 11) is 0. The van der Waals surface area contributed by atoms with Crippen LogP contribution in [0.2, 0.25) is 0 Å². The summed E-state index contributed by atoms with van der Waals surface area (Å²) in [6.07, 6.45) is 8.91. The van der Waals surface area contributed by atoms with Crippen molar-refractivity contribution in [3.8, 4) is 0 Å². The maximum Gasteiger partial charge on any atom is 0.322 e. The van der Waals surface area contributed by atoms with Gasteiger partial charge in [0.05, 0.1) is 12.1 Å². The summed E-state index contributed by atoms with van der Waals surface area (Å²) in [5.41, 5.74) is 1.73. The number of nitrogens with zero attached hydrogens (tertiary/aromatic N) is 2. The zero-order chi connectivity index (χ0) is 19.5. The molecule has 1 aromatic rings. The quantitative estimate of drug-likeness (QED) is 0.760. The predicted octanol–water partition coefficient (Wildman–Crippen LogP) is 3.71. The highest BCUT2D eigenvalue weighted by atomic mass is 19.1. The first-order chi connectivity index (χ1) is 13.6. The molecule has 2 amide bonds. The number of Topliss-reactive ketones (excluding diaryl/α,β-unsaturated/α-hetero) is 1. The molecule has 1 aromatic carbocycles. The van der Waals surface area contributed by atoms with Crippen molar-refractivity contribution < 1.29 is 14.0 Å². The van der Waals surface area contributed by atoms with Gasteiger partial charge in [-0.1, -0.05) is 18.9 Å². The lowest BCUT2D eigenvalue weighted by atomic mass is 9.90. The Labute approximate surface area is 165 Å². The molecule has 1 saturated carbocycles. The van der Waals surface area contributed by atoms with Crippen LogP contribution < -0.4 is 5.32 Å². The van der Waals surface area contributed by atoms with E-state index in [0.29, 0.717) is 24.1 Å². The molecule has 2 aliphatic heterocycles. The van der Waals surface area contributed by atoms with Gasteiger partial charge in [-0.05, 0) is 50.1 Å². The highest BCUT2D eigenvalue weighted by Gasteiger charge is 2.42. The second kappa shape index (κ2) is 8.43. The van der Waals surface area contributed by atoms with E-state index in [1.54, 1.807) is 12.1 Å². The number of halogens is 1. The number of hydrogen-bond donors (Lipinski definition) is 1. The third kappa shape index (κ3) is 4.12. The molecule has 1 aliphatic carbocycles. The molecular weight excluding hydrogens is 357 g/mol. The second-order valence-corrected chi connectivity index (χ2v) is 8.06. The Hall–Kier alpha value is -2.21. The van der Waals surface area contributed by atoms with E-state index in [-0.39, 0.29) is 17.6 Å². The highest BCUT2D eigenvalue weighted by molar-refractivity contribution is 5.95. The zero-order valence-corrected chi connectivity index (χ0v) is 16.2. The van der Waals surface area contributed by atoms with Crippen LogP contribution in [0.15, 0.2) is 36.0 Å². The van der Waals surface area contributed by atoms with Crippen LogP contribution in [0.1, 0.15) is 55.3 Å². The maximum absolute atomic E-state index is 13.0. The third-order valence-corrected chi connectivity index (χ3v) is 6.21. The van der Waals surface area contributed by atoms with E-state index in [4.69, 9.17) is 0 Å². The summed E-state index contributed by atoms with van der Waals surface area (Å²) in [4.78, 5) is 29.0. The molecule has 5 nitrogen and oxygen atoms in total. The average molecular weight is 385 g/mol. The molecule has 2 fully saturated rings. The molecule has 0 radical (unpaired) electrons. The lowest BCUT2D eigenvalue weighted by Crippen LogP contribution is -2.41. The van der Waals surface area contributed by atoms with Crippen molar-refractivity contribution in [1.82, 2.24) is 15.1 Å². The summed E-state index contributed by atoms with van der Waals surface area (Å²) < 4.78 is 13.0. The summed E-state index contributed by atoms with van der Waals surface area (Å²) >= 11 is 0. The van der Waals surface area contributed by atoms with Crippen LogP contribution in [0, 0.1) is 5.82 Å². The van der Waals surface area contributed by atoms with Gasteiger partial charge in [0.25, 0.3) is 0 Å². The van der Waals surface area contributed by atoms with Crippen molar-refractivity contribution in [3.63, 3.8) is 0 Å². The molecule has 1 saturated heterocycles. The number of urea groups is 1. The van der Waals surface area contributed by atoms with Gasteiger partial charge in [-0.2, -0.15) is 0 Å². The Bertz CT molecular complexity index is 762. The molecule has 6 heteroatoms. The number of carbonyl (C=O) groups excluding carboxylic acids is 2. The maximum atomic E-state index is 13.0. The van der Waals surface area contributed by atoms with E-state index in [1.807, 2.05) is 4.90 Å². The van der Waals surface area contributed by atoms with Gasteiger partial charge in [0.1, 0.15) is 5.82 Å². The number of fused-ring (bicyclic) bond motifs is 1. The average Bonchev–Trinajstić information content (AvgIpc) is 3.05. The molecule has 0 bridgehead atoms. The van der Waals surface area contributed by atoms with E-state index in [0.717, 1.165) is 51.0 Å². The first-order valence-corrected chi connectivity index (χ1v) is 10.4. The fraction of sp³-hybridized carbons (Fsp3) is 0.545. The van der Waals surface area contributed by atoms with Gasteiger partial charge in [0, 0.05) is 37.2 Å². The monoisotopic (exact) mass is 385 g/mol. The lowest BCUT2D eigenvalue weighted by Gasteiger charge is -2.34. The van der Waals surface area contributed by atoms with E-state index in [1.165, 1.54) is 25.0 Å². The van der Waals surface area contributed by atoms with Gasteiger partial charge in [-0.3, -0.25) is 14.6 Å². The Morgan fingerprint density at radius 1 is 1.18 bits per heavy atom. The molecule has 0 spiro atoms. The third-order valence-electron chi connectivity index (χ3n) is 6.21. The lowest BCUT2D eigenvalue weighted by molar-refractivity contribution is 0.0974. The SMILES string of the molecule is O=C(CCCN1CC=C(N2C(=O)NC3CCCCC32)CC1)c1ccc(F)cc1. The Morgan fingerprint density at radius 2 is 1.96 bits per heavy atom. The Kier molecular flexibility index (Phi) is 5.76. The number of nitrogens with one attached hydrogen (secondary N) is 1.